The monoisotopic (exact) mass is 199 g/mol. The fourth-order valence-electron chi connectivity index (χ4n) is 1.16. The minimum atomic E-state index is -0.985. The topological polar surface area (TPSA) is 55.5 Å². The van der Waals surface area contributed by atoms with Gasteiger partial charge < -0.3 is 15.6 Å². The molecule has 0 spiro atoms. The Kier molecular flexibility index (Phi) is 3.43. The molecule has 3 N–H and O–H groups in total. The van der Waals surface area contributed by atoms with E-state index in [2.05, 4.69) is 0 Å². The predicted molar refractivity (Wildman–Crippen MR) is 51.6 cm³/mol. The van der Waals surface area contributed by atoms with Gasteiger partial charge in [-0.05, 0) is 19.1 Å². The average Bonchev–Trinajstić information content (AvgIpc) is 2.16. The van der Waals surface area contributed by atoms with E-state index >= 15 is 0 Å². The van der Waals surface area contributed by atoms with Crippen LogP contribution in [0, 0.1) is 5.82 Å². The maximum Gasteiger partial charge on any atom is 0.132 e. The molecular weight excluding hydrogens is 185 g/mol. The Morgan fingerprint density at radius 2 is 2.14 bits per heavy atom. The van der Waals surface area contributed by atoms with Gasteiger partial charge in [-0.25, -0.2) is 4.39 Å². The summed E-state index contributed by atoms with van der Waals surface area (Å²) in [5.74, 6) is -0.0859. The molecule has 2 atom stereocenters. The zero-order valence-electron chi connectivity index (χ0n) is 8.20. The van der Waals surface area contributed by atoms with E-state index < -0.39 is 18.0 Å². The van der Waals surface area contributed by atoms with E-state index in [1.807, 2.05) is 0 Å². The molecule has 0 aliphatic rings. The van der Waals surface area contributed by atoms with E-state index in [1.165, 1.54) is 19.2 Å². The third-order valence-corrected chi connectivity index (χ3v) is 2.02. The van der Waals surface area contributed by atoms with Crippen LogP contribution in [0.15, 0.2) is 18.2 Å². The van der Waals surface area contributed by atoms with Crippen LogP contribution in [0.4, 0.5) is 4.39 Å². The first kappa shape index (κ1) is 10.9. The molecule has 0 radical (unpaired) electrons. The van der Waals surface area contributed by atoms with Gasteiger partial charge in [-0.1, -0.05) is 0 Å². The molecule has 2 unspecified atom stereocenters. The molecule has 0 heterocycles. The van der Waals surface area contributed by atoms with Crippen molar-refractivity contribution >= 4 is 0 Å². The summed E-state index contributed by atoms with van der Waals surface area (Å²) < 4.78 is 18.2. The van der Waals surface area contributed by atoms with Crippen molar-refractivity contribution in [1.29, 1.82) is 0 Å². The average molecular weight is 199 g/mol. The maximum atomic E-state index is 13.4. The summed E-state index contributed by atoms with van der Waals surface area (Å²) in [6.45, 7) is 1.62. The molecule has 1 rings (SSSR count). The van der Waals surface area contributed by atoms with Crippen LogP contribution in [0.25, 0.3) is 0 Å². The Bertz CT molecular complexity index is 315. The Labute approximate surface area is 82.3 Å². The van der Waals surface area contributed by atoms with Crippen LogP contribution in [0.2, 0.25) is 0 Å². The molecule has 3 nitrogen and oxygen atoms in total. The first-order valence-corrected chi connectivity index (χ1v) is 4.33. The standard InChI is InChI=1S/C10H14FNO2/c1-6(12)10(13)8-4-3-7(14-2)5-9(8)11/h3-6,10,13H,12H2,1-2H3. The highest BCUT2D eigenvalue weighted by Crippen LogP contribution is 2.23. The van der Waals surface area contributed by atoms with Gasteiger partial charge in [-0.2, -0.15) is 0 Å². The SMILES string of the molecule is COc1ccc(C(O)C(C)N)c(F)c1. The van der Waals surface area contributed by atoms with Crippen molar-refractivity contribution in [3.05, 3.63) is 29.6 Å². The van der Waals surface area contributed by atoms with Gasteiger partial charge in [0.15, 0.2) is 0 Å². The maximum absolute atomic E-state index is 13.4. The number of methoxy groups -OCH3 is 1. The van der Waals surface area contributed by atoms with Crippen LogP contribution >= 0.6 is 0 Å². The second-order valence-corrected chi connectivity index (χ2v) is 3.19. The highest BCUT2D eigenvalue weighted by Gasteiger charge is 2.16. The molecule has 0 saturated carbocycles. The molecule has 0 aliphatic carbocycles. The Balaban J connectivity index is 2.99. The lowest BCUT2D eigenvalue weighted by Gasteiger charge is -2.15. The third-order valence-electron chi connectivity index (χ3n) is 2.02. The van der Waals surface area contributed by atoms with E-state index in [9.17, 15) is 9.50 Å². The van der Waals surface area contributed by atoms with Gasteiger partial charge in [0.25, 0.3) is 0 Å². The quantitative estimate of drug-likeness (QED) is 0.769. The lowest BCUT2D eigenvalue weighted by Crippen LogP contribution is -2.25. The molecule has 0 fully saturated rings. The number of aliphatic hydroxyl groups excluding tert-OH is 1. The molecule has 0 aliphatic heterocycles. The molecule has 1 aromatic carbocycles. The highest BCUT2D eigenvalue weighted by atomic mass is 19.1. The van der Waals surface area contributed by atoms with Gasteiger partial charge in [0, 0.05) is 17.7 Å². The number of ether oxygens (including phenoxy) is 1. The number of hydrogen-bond donors (Lipinski definition) is 2. The summed E-state index contributed by atoms with van der Waals surface area (Å²) in [5, 5.41) is 9.54. The van der Waals surface area contributed by atoms with E-state index in [-0.39, 0.29) is 5.56 Å². The van der Waals surface area contributed by atoms with Crippen molar-refractivity contribution in [1.82, 2.24) is 0 Å². The molecule has 1 aromatic rings. The Hall–Kier alpha value is -1.13. The summed E-state index contributed by atoms with van der Waals surface area (Å²) in [7, 11) is 1.45. The van der Waals surface area contributed by atoms with Gasteiger partial charge in [-0.15, -0.1) is 0 Å². The second kappa shape index (κ2) is 4.39. The number of nitrogens with two attached hydrogens (primary N) is 1. The second-order valence-electron chi connectivity index (χ2n) is 3.19. The summed E-state index contributed by atoms with van der Waals surface area (Å²) >= 11 is 0. The first-order chi connectivity index (χ1) is 6.56. The summed E-state index contributed by atoms with van der Waals surface area (Å²) in [6.07, 6.45) is -0.985. The van der Waals surface area contributed by atoms with Gasteiger partial charge in [-0.3, -0.25) is 0 Å². The van der Waals surface area contributed by atoms with Crippen molar-refractivity contribution in [2.24, 2.45) is 5.73 Å². The zero-order chi connectivity index (χ0) is 10.7. The van der Waals surface area contributed by atoms with Crippen molar-refractivity contribution in [3.63, 3.8) is 0 Å². The molecule has 78 valence electrons. The van der Waals surface area contributed by atoms with E-state index in [4.69, 9.17) is 10.5 Å². The number of hydrogen-bond acceptors (Lipinski definition) is 3. The van der Waals surface area contributed by atoms with Crippen molar-refractivity contribution in [2.45, 2.75) is 19.1 Å². The van der Waals surface area contributed by atoms with E-state index in [1.54, 1.807) is 13.0 Å². The summed E-state index contributed by atoms with van der Waals surface area (Å²) in [6, 6.07) is 3.78. The molecule has 0 saturated heterocycles. The molecule has 14 heavy (non-hydrogen) atoms. The van der Waals surface area contributed by atoms with Gasteiger partial charge in [0.1, 0.15) is 11.6 Å². The fourth-order valence-corrected chi connectivity index (χ4v) is 1.16. The van der Waals surface area contributed by atoms with E-state index in [0.29, 0.717) is 5.75 Å². The largest absolute Gasteiger partial charge is 0.497 e. The molecule has 0 aromatic heterocycles. The molecular formula is C10H14FNO2. The van der Waals surface area contributed by atoms with Crippen LogP contribution < -0.4 is 10.5 Å². The molecule has 0 amide bonds. The van der Waals surface area contributed by atoms with Gasteiger partial charge >= 0.3 is 0 Å². The van der Waals surface area contributed by atoms with Crippen LogP contribution in [0.3, 0.4) is 0 Å². The lowest BCUT2D eigenvalue weighted by atomic mass is 10.0. The smallest absolute Gasteiger partial charge is 0.132 e. The van der Waals surface area contributed by atoms with Crippen molar-refractivity contribution in [2.75, 3.05) is 7.11 Å². The van der Waals surface area contributed by atoms with Crippen LogP contribution in [-0.2, 0) is 0 Å². The Morgan fingerprint density at radius 3 is 2.57 bits per heavy atom. The number of halogens is 1. The van der Waals surface area contributed by atoms with Crippen LogP contribution in [0.1, 0.15) is 18.6 Å². The van der Waals surface area contributed by atoms with Gasteiger partial charge in [0.2, 0.25) is 0 Å². The Morgan fingerprint density at radius 1 is 1.50 bits per heavy atom. The van der Waals surface area contributed by atoms with Crippen molar-refractivity contribution < 1.29 is 14.2 Å². The third kappa shape index (κ3) is 2.21. The number of rotatable bonds is 3. The normalized spacial score (nSPS) is 14.9. The summed E-state index contributed by atoms with van der Waals surface area (Å²) in [4.78, 5) is 0. The molecule has 4 heteroatoms. The minimum absolute atomic E-state index is 0.195. The number of aliphatic hydroxyl groups is 1. The molecule has 0 bridgehead atoms. The minimum Gasteiger partial charge on any atom is -0.497 e. The lowest BCUT2D eigenvalue weighted by molar-refractivity contribution is 0.149. The van der Waals surface area contributed by atoms with E-state index in [0.717, 1.165) is 0 Å². The van der Waals surface area contributed by atoms with Crippen LogP contribution in [0.5, 0.6) is 5.75 Å². The van der Waals surface area contributed by atoms with Gasteiger partial charge in [0.05, 0.1) is 13.2 Å². The fraction of sp³-hybridized carbons (Fsp3) is 0.400. The number of benzene rings is 1. The highest BCUT2D eigenvalue weighted by molar-refractivity contribution is 5.30. The summed E-state index contributed by atoms with van der Waals surface area (Å²) in [5.41, 5.74) is 5.65. The van der Waals surface area contributed by atoms with Crippen LogP contribution in [-0.4, -0.2) is 18.3 Å². The first-order valence-electron chi connectivity index (χ1n) is 4.33. The van der Waals surface area contributed by atoms with Crippen molar-refractivity contribution in [3.8, 4) is 5.75 Å². The predicted octanol–water partition coefficient (Wildman–Crippen LogP) is 1.21. The zero-order valence-corrected chi connectivity index (χ0v) is 8.20.